The topological polar surface area (TPSA) is 20.2 Å². The van der Waals surface area contributed by atoms with Crippen molar-refractivity contribution in [3.05, 3.63) is 40.8 Å². The first-order valence-corrected chi connectivity index (χ1v) is 4.20. The maximum atomic E-state index is 9.05. The summed E-state index contributed by atoms with van der Waals surface area (Å²) < 4.78 is 0. The summed E-state index contributed by atoms with van der Waals surface area (Å²) >= 11 is 0. The van der Waals surface area contributed by atoms with Gasteiger partial charge in [-0.2, -0.15) is 0 Å². The molecule has 0 atom stereocenters. The molecule has 1 rings (SSSR count). The molecule has 1 aromatic carbocycles. The van der Waals surface area contributed by atoms with E-state index in [1.54, 1.807) is 0 Å². The molecule has 1 nitrogen and oxygen atoms in total. The predicted molar refractivity (Wildman–Crippen MR) is 54.0 cm³/mol. The Morgan fingerprint density at radius 1 is 1.46 bits per heavy atom. The largest absolute Gasteiger partial charge is 0.392 e. The van der Waals surface area contributed by atoms with Crippen molar-refractivity contribution in [2.75, 3.05) is 0 Å². The molecule has 0 heterocycles. The SMILES string of the molecule is C#Cc1c(CO)cccc1[C](C)C. The van der Waals surface area contributed by atoms with E-state index in [2.05, 4.69) is 5.92 Å². The Bertz CT molecular complexity index is 331. The van der Waals surface area contributed by atoms with Crippen LogP contribution in [0.2, 0.25) is 0 Å². The van der Waals surface area contributed by atoms with Crippen molar-refractivity contribution in [1.29, 1.82) is 0 Å². The first-order chi connectivity index (χ1) is 6.20. The van der Waals surface area contributed by atoms with E-state index >= 15 is 0 Å². The molecule has 1 N–H and O–H groups in total. The number of aliphatic hydroxyl groups is 1. The molecule has 0 aromatic heterocycles. The molecule has 0 saturated heterocycles. The van der Waals surface area contributed by atoms with Crippen LogP contribution in [0.25, 0.3) is 0 Å². The normalized spacial score (nSPS) is 10.1. The molecule has 67 valence electrons. The second-order valence-electron chi connectivity index (χ2n) is 3.14. The number of aliphatic hydroxyl groups excluding tert-OH is 1. The summed E-state index contributed by atoms with van der Waals surface area (Å²) in [4.78, 5) is 0. The molecule has 0 amide bonds. The summed E-state index contributed by atoms with van der Waals surface area (Å²) in [5.41, 5.74) is 2.68. The summed E-state index contributed by atoms with van der Waals surface area (Å²) in [5.74, 6) is 3.79. The summed E-state index contributed by atoms with van der Waals surface area (Å²) in [6.45, 7) is 4.02. The van der Waals surface area contributed by atoms with Gasteiger partial charge >= 0.3 is 0 Å². The standard InChI is InChI=1S/C12H13O/c1-4-11-10(8-13)6-5-7-12(11)9(2)3/h1,5-7,13H,8H2,2-3H3. The first kappa shape index (κ1) is 9.83. The lowest BCUT2D eigenvalue weighted by molar-refractivity contribution is 0.281. The third-order valence-electron chi connectivity index (χ3n) is 2.00. The third-order valence-corrected chi connectivity index (χ3v) is 2.00. The number of terminal acetylenes is 1. The van der Waals surface area contributed by atoms with Crippen LogP contribution in [0.5, 0.6) is 0 Å². The van der Waals surface area contributed by atoms with Gasteiger partial charge in [-0.3, -0.25) is 0 Å². The van der Waals surface area contributed by atoms with Crippen molar-refractivity contribution in [2.45, 2.75) is 20.5 Å². The maximum Gasteiger partial charge on any atom is 0.0694 e. The highest BCUT2D eigenvalue weighted by Crippen LogP contribution is 2.21. The van der Waals surface area contributed by atoms with Crippen molar-refractivity contribution in [2.24, 2.45) is 0 Å². The lowest BCUT2D eigenvalue weighted by Crippen LogP contribution is -1.98. The van der Waals surface area contributed by atoms with Gasteiger partial charge in [-0.25, -0.2) is 0 Å². The van der Waals surface area contributed by atoms with Gasteiger partial charge in [0.05, 0.1) is 6.61 Å². The van der Waals surface area contributed by atoms with Crippen molar-refractivity contribution >= 4 is 0 Å². The van der Waals surface area contributed by atoms with Crippen molar-refractivity contribution in [3.8, 4) is 12.3 Å². The highest BCUT2D eigenvalue weighted by molar-refractivity contribution is 5.50. The quantitative estimate of drug-likeness (QED) is 0.679. The zero-order chi connectivity index (χ0) is 9.84. The smallest absolute Gasteiger partial charge is 0.0694 e. The fourth-order valence-corrected chi connectivity index (χ4v) is 1.32. The van der Waals surface area contributed by atoms with Gasteiger partial charge in [0, 0.05) is 11.5 Å². The zero-order valence-electron chi connectivity index (χ0n) is 7.96. The van der Waals surface area contributed by atoms with E-state index in [1.807, 2.05) is 32.0 Å². The zero-order valence-corrected chi connectivity index (χ0v) is 7.96. The highest BCUT2D eigenvalue weighted by Gasteiger charge is 2.08. The second-order valence-corrected chi connectivity index (χ2v) is 3.14. The number of benzene rings is 1. The third kappa shape index (κ3) is 1.91. The Morgan fingerprint density at radius 2 is 2.15 bits per heavy atom. The summed E-state index contributed by atoms with van der Waals surface area (Å²) in [6.07, 6.45) is 5.39. The average Bonchev–Trinajstić information content (AvgIpc) is 2.16. The molecule has 0 fully saturated rings. The molecule has 0 saturated carbocycles. The van der Waals surface area contributed by atoms with Crippen molar-refractivity contribution < 1.29 is 5.11 Å². The number of hydrogen-bond donors (Lipinski definition) is 1. The van der Waals surface area contributed by atoms with Crippen LogP contribution < -0.4 is 0 Å². The van der Waals surface area contributed by atoms with E-state index < -0.39 is 0 Å². The maximum absolute atomic E-state index is 9.05. The monoisotopic (exact) mass is 173 g/mol. The minimum atomic E-state index is 0.000648. The molecule has 1 heteroatoms. The van der Waals surface area contributed by atoms with Crippen LogP contribution in [0.15, 0.2) is 18.2 Å². The van der Waals surface area contributed by atoms with Gasteiger partial charge in [-0.1, -0.05) is 38.0 Å². The van der Waals surface area contributed by atoms with E-state index in [-0.39, 0.29) is 6.61 Å². The summed E-state index contributed by atoms with van der Waals surface area (Å²) in [7, 11) is 0. The minimum Gasteiger partial charge on any atom is -0.392 e. The van der Waals surface area contributed by atoms with Crippen LogP contribution in [0.1, 0.15) is 30.5 Å². The van der Waals surface area contributed by atoms with Crippen LogP contribution in [-0.2, 0) is 6.61 Å². The Labute approximate surface area is 79.4 Å². The molecule has 1 aromatic rings. The molecule has 0 spiro atoms. The summed E-state index contributed by atoms with van der Waals surface area (Å²) in [6, 6.07) is 5.74. The number of hydrogen-bond acceptors (Lipinski definition) is 1. The molecule has 0 bridgehead atoms. The molecule has 13 heavy (non-hydrogen) atoms. The molecular weight excluding hydrogens is 160 g/mol. The molecule has 0 unspecified atom stereocenters. The van der Waals surface area contributed by atoms with E-state index in [1.165, 1.54) is 5.92 Å². The lowest BCUT2D eigenvalue weighted by atomic mass is 9.94. The number of rotatable bonds is 2. The minimum absolute atomic E-state index is 0.000648. The second kappa shape index (κ2) is 4.11. The fraction of sp³-hybridized carbons (Fsp3) is 0.250. The molecule has 0 aliphatic rings. The van der Waals surface area contributed by atoms with Gasteiger partial charge in [-0.05, 0) is 11.1 Å². The van der Waals surface area contributed by atoms with Crippen LogP contribution >= 0.6 is 0 Å². The Hall–Kier alpha value is -1.26. The van der Waals surface area contributed by atoms with Crippen LogP contribution in [0.3, 0.4) is 0 Å². The Kier molecular flexibility index (Phi) is 3.11. The van der Waals surface area contributed by atoms with E-state index in [0.717, 1.165) is 16.7 Å². The van der Waals surface area contributed by atoms with Crippen LogP contribution in [0.4, 0.5) is 0 Å². The molecule has 0 aliphatic heterocycles. The highest BCUT2D eigenvalue weighted by atomic mass is 16.3. The van der Waals surface area contributed by atoms with E-state index in [9.17, 15) is 0 Å². The molecule has 1 radical (unpaired) electrons. The van der Waals surface area contributed by atoms with Crippen molar-refractivity contribution in [1.82, 2.24) is 0 Å². The Balaban J connectivity index is 3.29. The molecule has 0 aliphatic carbocycles. The molecular formula is C12H13O. The van der Waals surface area contributed by atoms with E-state index in [4.69, 9.17) is 11.5 Å². The van der Waals surface area contributed by atoms with Gasteiger partial charge < -0.3 is 5.11 Å². The van der Waals surface area contributed by atoms with Gasteiger partial charge in [-0.15, -0.1) is 6.42 Å². The summed E-state index contributed by atoms with van der Waals surface area (Å²) in [5, 5.41) is 9.05. The predicted octanol–water partition coefficient (Wildman–Crippen LogP) is 2.12. The van der Waals surface area contributed by atoms with E-state index in [0.29, 0.717) is 0 Å². The Morgan fingerprint density at radius 3 is 2.62 bits per heavy atom. The van der Waals surface area contributed by atoms with Gasteiger partial charge in [0.2, 0.25) is 0 Å². The first-order valence-electron chi connectivity index (χ1n) is 4.20. The van der Waals surface area contributed by atoms with Gasteiger partial charge in [0.1, 0.15) is 0 Å². The van der Waals surface area contributed by atoms with Crippen molar-refractivity contribution in [3.63, 3.8) is 0 Å². The lowest BCUT2D eigenvalue weighted by Gasteiger charge is -2.10. The van der Waals surface area contributed by atoms with Crippen LogP contribution in [0, 0.1) is 18.3 Å². The fourth-order valence-electron chi connectivity index (χ4n) is 1.32. The van der Waals surface area contributed by atoms with Crippen LogP contribution in [-0.4, -0.2) is 5.11 Å². The average molecular weight is 173 g/mol. The van der Waals surface area contributed by atoms with Gasteiger partial charge in [0.15, 0.2) is 0 Å². The van der Waals surface area contributed by atoms with Gasteiger partial charge in [0.25, 0.3) is 0 Å².